The molecule has 0 spiro atoms. The van der Waals surface area contributed by atoms with Crippen LogP contribution in [0.15, 0.2) is 41.3 Å². The minimum Gasteiger partial charge on any atom is -0.465 e. The van der Waals surface area contributed by atoms with Gasteiger partial charge in [0.05, 0.1) is 23.7 Å². The highest BCUT2D eigenvalue weighted by Crippen LogP contribution is 2.24. The van der Waals surface area contributed by atoms with E-state index in [2.05, 4.69) is 9.24 Å². The van der Waals surface area contributed by atoms with Crippen LogP contribution in [0, 0.1) is 19.7 Å². The quantitative estimate of drug-likeness (QED) is 0.523. The summed E-state index contributed by atoms with van der Waals surface area (Å²) in [6.45, 7) is 3.71. The minimum absolute atomic E-state index is 0.0579. The van der Waals surface area contributed by atoms with Crippen LogP contribution in [0.2, 0.25) is 0 Å². The Morgan fingerprint density at radius 2 is 1.84 bits per heavy atom. The Labute approximate surface area is 146 Å². The minimum atomic E-state index is -0.700. The summed E-state index contributed by atoms with van der Waals surface area (Å²) in [6.07, 6.45) is 1.46. The van der Waals surface area contributed by atoms with E-state index in [0.29, 0.717) is 21.9 Å². The van der Waals surface area contributed by atoms with Crippen LogP contribution in [-0.4, -0.2) is 17.6 Å². The van der Waals surface area contributed by atoms with Gasteiger partial charge in [-0.1, -0.05) is 12.1 Å². The number of rotatable bonds is 2. The standard InChI is InChI=1S/C19H17FNO3P/c1-10-4-5-11(2)17-16(10)18(22)13(19(23)24-3)9-21(17)14-7-6-12(20)8-15(14)25/h4-9H,25H2,1-3H3. The van der Waals surface area contributed by atoms with Crippen molar-refractivity contribution >= 4 is 31.4 Å². The zero-order chi connectivity index (χ0) is 18.3. The third kappa shape index (κ3) is 2.85. The normalized spacial score (nSPS) is 10.9. The molecule has 2 aromatic carbocycles. The molecule has 0 amide bonds. The lowest BCUT2D eigenvalue weighted by molar-refractivity contribution is 0.0599. The zero-order valence-electron chi connectivity index (χ0n) is 14.1. The van der Waals surface area contributed by atoms with Gasteiger partial charge in [-0.3, -0.25) is 4.79 Å². The van der Waals surface area contributed by atoms with Crippen molar-refractivity contribution in [2.24, 2.45) is 0 Å². The molecule has 6 heteroatoms. The van der Waals surface area contributed by atoms with Gasteiger partial charge in [0.25, 0.3) is 0 Å². The van der Waals surface area contributed by atoms with Gasteiger partial charge < -0.3 is 9.30 Å². The summed E-state index contributed by atoms with van der Waals surface area (Å²) >= 11 is 0. The van der Waals surface area contributed by atoms with Crippen molar-refractivity contribution in [3.05, 3.63) is 69.3 Å². The summed E-state index contributed by atoms with van der Waals surface area (Å²) < 4.78 is 20.0. The summed E-state index contributed by atoms with van der Waals surface area (Å²) in [7, 11) is 3.72. The molecular weight excluding hydrogens is 340 g/mol. The number of esters is 1. The van der Waals surface area contributed by atoms with Gasteiger partial charge >= 0.3 is 5.97 Å². The maximum atomic E-state index is 13.5. The Morgan fingerprint density at radius 1 is 1.16 bits per heavy atom. The molecular formula is C19H17FNO3P. The molecule has 0 N–H and O–H groups in total. The first-order chi connectivity index (χ1) is 11.8. The van der Waals surface area contributed by atoms with Gasteiger partial charge in [0.1, 0.15) is 11.4 Å². The maximum Gasteiger partial charge on any atom is 0.343 e. The van der Waals surface area contributed by atoms with Crippen molar-refractivity contribution in [1.82, 2.24) is 4.57 Å². The fourth-order valence-electron chi connectivity index (χ4n) is 2.97. The van der Waals surface area contributed by atoms with Gasteiger partial charge in [-0.25, -0.2) is 9.18 Å². The third-order valence-electron chi connectivity index (χ3n) is 4.21. The topological polar surface area (TPSA) is 48.3 Å². The van der Waals surface area contributed by atoms with Crippen molar-refractivity contribution in [3.63, 3.8) is 0 Å². The predicted molar refractivity (Wildman–Crippen MR) is 99.7 cm³/mol. The molecule has 1 heterocycles. The molecule has 0 saturated heterocycles. The third-order valence-corrected chi connectivity index (χ3v) is 4.68. The van der Waals surface area contributed by atoms with Crippen LogP contribution in [0.3, 0.4) is 0 Å². The van der Waals surface area contributed by atoms with E-state index < -0.39 is 5.97 Å². The number of benzene rings is 2. The molecule has 1 unspecified atom stereocenters. The average molecular weight is 357 g/mol. The SMILES string of the molecule is COC(=O)c1cn(-c2ccc(F)cc2P)c2c(C)ccc(C)c2c1=O. The number of nitrogens with zero attached hydrogens (tertiary/aromatic N) is 1. The highest BCUT2D eigenvalue weighted by Gasteiger charge is 2.19. The summed E-state index contributed by atoms with van der Waals surface area (Å²) in [6, 6.07) is 8.10. The molecule has 0 aliphatic carbocycles. The molecule has 3 rings (SSSR count). The highest BCUT2D eigenvalue weighted by molar-refractivity contribution is 7.27. The number of halogens is 1. The second kappa shape index (κ2) is 6.41. The van der Waals surface area contributed by atoms with E-state index >= 15 is 0 Å². The molecule has 0 saturated carbocycles. The molecule has 25 heavy (non-hydrogen) atoms. The van der Waals surface area contributed by atoms with E-state index in [1.165, 1.54) is 25.4 Å². The van der Waals surface area contributed by atoms with Gasteiger partial charge in [-0.05, 0) is 48.5 Å². The Kier molecular flexibility index (Phi) is 4.44. The number of carbonyl (C=O) groups excluding carboxylic acids is 1. The monoisotopic (exact) mass is 357 g/mol. The fourth-order valence-corrected chi connectivity index (χ4v) is 3.36. The first kappa shape index (κ1) is 17.3. The largest absolute Gasteiger partial charge is 0.465 e. The lowest BCUT2D eigenvalue weighted by Gasteiger charge is -2.17. The molecule has 4 nitrogen and oxygen atoms in total. The van der Waals surface area contributed by atoms with Crippen molar-refractivity contribution in [3.8, 4) is 5.69 Å². The highest BCUT2D eigenvalue weighted by atomic mass is 31.0. The van der Waals surface area contributed by atoms with E-state index in [-0.39, 0.29) is 16.8 Å². The van der Waals surface area contributed by atoms with Crippen molar-refractivity contribution in [2.75, 3.05) is 7.11 Å². The molecule has 3 aromatic rings. The Hall–Kier alpha value is -2.52. The van der Waals surface area contributed by atoms with E-state index in [1.54, 1.807) is 10.6 Å². The second-order valence-electron chi connectivity index (χ2n) is 5.86. The lowest BCUT2D eigenvalue weighted by Crippen LogP contribution is -2.22. The van der Waals surface area contributed by atoms with Crippen LogP contribution in [0.4, 0.5) is 4.39 Å². The molecule has 0 bridgehead atoms. The number of methoxy groups -OCH3 is 1. The van der Waals surface area contributed by atoms with E-state index in [0.717, 1.165) is 11.1 Å². The Bertz CT molecular complexity index is 1070. The number of aromatic nitrogens is 1. The number of hydrogen-bond acceptors (Lipinski definition) is 3. The molecule has 1 aromatic heterocycles. The molecule has 0 aliphatic rings. The van der Waals surface area contributed by atoms with Crippen LogP contribution < -0.4 is 10.7 Å². The van der Waals surface area contributed by atoms with Crippen LogP contribution >= 0.6 is 9.24 Å². The van der Waals surface area contributed by atoms with Crippen LogP contribution in [0.25, 0.3) is 16.6 Å². The zero-order valence-corrected chi connectivity index (χ0v) is 15.2. The first-order valence-electron chi connectivity index (χ1n) is 7.64. The Morgan fingerprint density at radius 3 is 2.48 bits per heavy atom. The average Bonchev–Trinajstić information content (AvgIpc) is 2.58. The summed E-state index contributed by atoms with van der Waals surface area (Å²) in [5, 5.41) is 1.07. The van der Waals surface area contributed by atoms with Crippen LogP contribution in [-0.2, 0) is 4.74 Å². The number of pyridine rings is 1. The van der Waals surface area contributed by atoms with E-state index in [1.807, 2.05) is 26.0 Å². The second-order valence-corrected chi connectivity index (χ2v) is 6.48. The van der Waals surface area contributed by atoms with Crippen molar-refractivity contribution in [1.29, 1.82) is 0 Å². The van der Waals surface area contributed by atoms with Gasteiger partial charge in [-0.2, -0.15) is 0 Å². The smallest absolute Gasteiger partial charge is 0.343 e. The number of ether oxygens (including phenoxy) is 1. The van der Waals surface area contributed by atoms with Gasteiger partial charge in [-0.15, -0.1) is 9.24 Å². The first-order valence-corrected chi connectivity index (χ1v) is 8.22. The number of fused-ring (bicyclic) bond motifs is 1. The number of hydrogen-bond donors (Lipinski definition) is 0. The number of carbonyl (C=O) groups is 1. The summed E-state index contributed by atoms with van der Waals surface area (Å²) in [4.78, 5) is 24.9. The molecule has 0 aliphatic heterocycles. The predicted octanol–water partition coefficient (Wildman–Crippen LogP) is 3.03. The van der Waals surface area contributed by atoms with Crippen molar-refractivity contribution in [2.45, 2.75) is 13.8 Å². The molecule has 0 radical (unpaired) electrons. The van der Waals surface area contributed by atoms with Gasteiger partial charge in [0, 0.05) is 6.20 Å². The fraction of sp³-hybridized carbons (Fsp3) is 0.158. The molecule has 0 fully saturated rings. The van der Waals surface area contributed by atoms with Gasteiger partial charge in [0.2, 0.25) is 5.43 Å². The van der Waals surface area contributed by atoms with Crippen molar-refractivity contribution < 1.29 is 13.9 Å². The Balaban J connectivity index is 2.53. The lowest BCUT2D eigenvalue weighted by atomic mass is 10.0. The molecule has 1 atom stereocenters. The van der Waals surface area contributed by atoms with Gasteiger partial charge in [0.15, 0.2) is 0 Å². The molecule has 128 valence electrons. The maximum absolute atomic E-state index is 13.5. The summed E-state index contributed by atoms with van der Waals surface area (Å²) in [5.74, 6) is -1.06. The van der Waals surface area contributed by atoms with Crippen LogP contribution in [0.5, 0.6) is 0 Å². The van der Waals surface area contributed by atoms with E-state index in [9.17, 15) is 14.0 Å². The number of aryl methyl sites for hydroxylation is 2. The summed E-state index contributed by atoms with van der Waals surface area (Å²) in [5.41, 5.74) is 2.56. The van der Waals surface area contributed by atoms with Crippen LogP contribution in [0.1, 0.15) is 21.5 Å². The van der Waals surface area contributed by atoms with E-state index in [4.69, 9.17) is 4.74 Å².